The summed E-state index contributed by atoms with van der Waals surface area (Å²) in [5.41, 5.74) is 0.00471. The Kier molecular flexibility index (Phi) is 7.13. The third kappa shape index (κ3) is 3.80. The summed E-state index contributed by atoms with van der Waals surface area (Å²) >= 11 is 0. The van der Waals surface area contributed by atoms with Crippen molar-refractivity contribution in [3.8, 4) is 0 Å². The van der Waals surface area contributed by atoms with Gasteiger partial charge >= 0.3 is 0 Å². The quantitative estimate of drug-likeness (QED) is 0.446. The van der Waals surface area contributed by atoms with Crippen LogP contribution < -0.4 is 16.0 Å². The molecule has 0 aliphatic heterocycles. The Morgan fingerprint density at radius 2 is 1.85 bits per heavy atom. The number of aldehydes is 1. The average molecular weight is 283 g/mol. The Hall–Kier alpha value is -0.450. The van der Waals surface area contributed by atoms with Crippen molar-refractivity contribution in [1.29, 1.82) is 0 Å². The fourth-order valence-corrected chi connectivity index (χ4v) is 4.03. The lowest BCUT2D eigenvalue weighted by Gasteiger charge is -2.40. The number of rotatable bonds is 9. The zero-order valence-electron chi connectivity index (χ0n) is 13.8. The van der Waals surface area contributed by atoms with Crippen LogP contribution in [0.5, 0.6) is 0 Å². The highest BCUT2D eigenvalue weighted by Crippen LogP contribution is 2.37. The van der Waals surface area contributed by atoms with Gasteiger partial charge in [0.15, 0.2) is 0 Å². The predicted molar refractivity (Wildman–Crippen MR) is 84.7 cm³/mol. The summed E-state index contributed by atoms with van der Waals surface area (Å²) in [5, 5.41) is 10.5. The van der Waals surface area contributed by atoms with Gasteiger partial charge in [0.05, 0.1) is 5.66 Å². The van der Waals surface area contributed by atoms with Crippen molar-refractivity contribution in [2.75, 3.05) is 21.1 Å². The molecule has 0 aromatic carbocycles. The maximum Gasteiger partial charge on any atom is 0.122 e. The second kappa shape index (κ2) is 8.11. The summed E-state index contributed by atoms with van der Waals surface area (Å²) in [7, 11) is 6.15. The summed E-state index contributed by atoms with van der Waals surface area (Å²) in [6.45, 7) is 4.28. The maximum absolute atomic E-state index is 10.8. The Labute approximate surface area is 124 Å². The van der Waals surface area contributed by atoms with Crippen LogP contribution in [0.1, 0.15) is 46.0 Å². The van der Waals surface area contributed by atoms with Gasteiger partial charge in [-0.25, -0.2) is 0 Å². The molecule has 1 rings (SSSR count). The van der Waals surface area contributed by atoms with Crippen molar-refractivity contribution in [3.05, 3.63) is 0 Å². The molecule has 4 unspecified atom stereocenters. The van der Waals surface area contributed by atoms with Crippen LogP contribution in [0.25, 0.3) is 0 Å². The molecule has 3 N–H and O–H groups in total. The van der Waals surface area contributed by atoms with Gasteiger partial charge in [0.25, 0.3) is 0 Å². The van der Waals surface area contributed by atoms with Crippen molar-refractivity contribution < 1.29 is 4.79 Å². The SMILES string of the molecule is CNC1CCC(CCC(C)CC(C)C=O)C1(NC)NC. The van der Waals surface area contributed by atoms with Crippen LogP contribution in [0.15, 0.2) is 0 Å². The van der Waals surface area contributed by atoms with E-state index in [0.29, 0.717) is 17.9 Å². The summed E-state index contributed by atoms with van der Waals surface area (Å²) in [5.74, 6) is 1.45. The first-order valence-corrected chi connectivity index (χ1v) is 8.04. The van der Waals surface area contributed by atoms with Gasteiger partial charge in [0, 0.05) is 12.0 Å². The lowest BCUT2D eigenvalue weighted by atomic mass is 9.85. The van der Waals surface area contributed by atoms with E-state index in [0.717, 1.165) is 12.7 Å². The number of likely N-dealkylation sites (N-methyl/N-ethyl adjacent to an activating group) is 3. The van der Waals surface area contributed by atoms with Crippen LogP contribution in [0.3, 0.4) is 0 Å². The highest BCUT2D eigenvalue weighted by molar-refractivity contribution is 5.52. The van der Waals surface area contributed by atoms with E-state index in [1.807, 2.05) is 14.0 Å². The van der Waals surface area contributed by atoms with E-state index in [-0.39, 0.29) is 11.6 Å². The van der Waals surface area contributed by atoms with Crippen LogP contribution in [-0.4, -0.2) is 39.1 Å². The van der Waals surface area contributed by atoms with Crippen LogP contribution >= 0.6 is 0 Å². The fraction of sp³-hybridized carbons (Fsp3) is 0.938. The molecular formula is C16H33N3O. The molecule has 0 amide bonds. The van der Waals surface area contributed by atoms with Gasteiger partial charge in [0.1, 0.15) is 6.29 Å². The van der Waals surface area contributed by atoms with Gasteiger partial charge in [-0.2, -0.15) is 0 Å². The Morgan fingerprint density at radius 1 is 1.20 bits per heavy atom. The molecule has 1 aliphatic rings. The fourth-order valence-electron chi connectivity index (χ4n) is 4.03. The third-order valence-corrected chi connectivity index (χ3v) is 5.19. The molecule has 0 radical (unpaired) electrons. The number of hydrogen-bond acceptors (Lipinski definition) is 4. The molecule has 1 fully saturated rings. The second-order valence-electron chi connectivity index (χ2n) is 6.52. The first-order chi connectivity index (χ1) is 9.53. The highest BCUT2D eigenvalue weighted by atomic mass is 16.1. The molecule has 0 heterocycles. The Bertz CT molecular complexity index is 291. The molecule has 0 bridgehead atoms. The summed E-state index contributed by atoms with van der Waals surface area (Å²) in [6.07, 6.45) is 6.97. The van der Waals surface area contributed by atoms with E-state index in [1.54, 1.807) is 0 Å². The molecule has 0 aromatic heterocycles. The van der Waals surface area contributed by atoms with Crippen molar-refractivity contribution in [2.45, 2.75) is 57.7 Å². The molecule has 1 saturated carbocycles. The Balaban J connectivity index is 2.56. The van der Waals surface area contributed by atoms with E-state index in [2.05, 4.69) is 37.0 Å². The molecule has 0 aromatic rings. The minimum atomic E-state index is 0.00471. The summed E-state index contributed by atoms with van der Waals surface area (Å²) in [6, 6.07) is 0.478. The lowest BCUT2D eigenvalue weighted by Crippen LogP contribution is -2.66. The zero-order valence-corrected chi connectivity index (χ0v) is 13.8. The number of carbonyl (C=O) groups excluding carboxylic acids is 1. The van der Waals surface area contributed by atoms with Crippen molar-refractivity contribution in [1.82, 2.24) is 16.0 Å². The van der Waals surface area contributed by atoms with Gasteiger partial charge in [-0.1, -0.05) is 20.3 Å². The molecule has 0 spiro atoms. The zero-order chi connectivity index (χ0) is 15.2. The molecule has 4 nitrogen and oxygen atoms in total. The van der Waals surface area contributed by atoms with Crippen LogP contribution in [0.4, 0.5) is 0 Å². The maximum atomic E-state index is 10.8. The van der Waals surface area contributed by atoms with Crippen molar-refractivity contribution in [2.24, 2.45) is 17.8 Å². The monoisotopic (exact) mass is 283 g/mol. The van der Waals surface area contributed by atoms with Crippen molar-refractivity contribution >= 4 is 6.29 Å². The Morgan fingerprint density at radius 3 is 2.35 bits per heavy atom. The van der Waals surface area contributed by atoms with Gasteiger partial charge in [-0.3, -0.25) is 0 Å². The van der Waals surface area contributed by atoms with Crippen LogP contribution in [0, 0.1) is 17.8 Å². The summed E-state index contributed by atoms with van der Waals surface area (Å²) < 4.78 is 0. The van der Waals surface area contributed by atoms with Crippen LogP contribution in [0.2, 0.25) is 0 Å². The van der Waals surface area contributed by atoms with E-state index in [1.165, 1.54) is 25.7 Å². The van der Waals surface area contributed by atoms with E-state index in [4.69, 9.17) is 0 Å². The molecule has 20 heavy (non-hydrogen) atoms. The molecule has 118 valence electrons. The van der Waals surface area contributed by atoms with E-state index < -0.39 is 0 Å². The van der Waals surface area contributed by atoms with E-state index in [9.17, 15) is 4.79 Å². The minimum Gasteiger partial charge on any atom is -0.314 e. The number of carbonyl (C=O) groups is 1. The molecule has 1 aliphatic carbocycles. The lowest BCUT2D eigenvalue weighted by molar-refractivity contribution is -0.111. The van der Waals surface area contributed by atoms with Gasteiger partial charge in [-0.05, 0) is 58.7 Å². The number of hydrogen-bond donors (Lipinski definition) is 3. The van der Waals surface area contributed by atoms with Crippen LogP contribution in [-0.2, 0) is 4.79 Å². The van der Waals surface area contributed by atoms with Gasteiger partial charge in [0.2, 0.25) is 0 Å². The average Bonchev–Trinajstić information content (AvgIpc) is 2.82. The molecular weight excluding hydrogens is 250 g/mol. The topological polar surface area (TPSA) is 53.2 Å². The van der Waals surface area contributed by atoms with Crippen molar-refractivity contribution in [3.63, 3.8) is 0 Å². The second-order valence-corrected chi connectivity index (χ2v) is 6.52. The molecule has 0 saturated heterocycles. The first-order valence-electron chi connectivity index (χ1n) is 8.04. The first kappa shape index (κ1) is 17.6. The van der Waals surface area contributed by atoms with Gasteiger partial charge in [-0.15, -0.1) is 0 Å². The third-order valence-electron chi connectivity index (χ3n) is 5.19. The highest BCUT2D eigenvalue weighted by Gasteiger charge is 2.47. The minimum absolute atomic E-state index is 0.00471. The number of nitrogens with one attached hydrogen (secondary N) is 3. The molecule has 4 heteroatoms. The normalized spacial score (nSPS) is 28.2. The van der Waals surface area contributed by atoms with E-state index >= 15 is 0 Å². The predicted octanol–water partition coefficient (Wildman–Crippen LogP) is 1.76. The largest absolute Gasteiger partial charge is 0.314 e. The molecule has 4 atom stereocenters. The van der Waals surface area contributed by atoms with Gasteiger partial charge < -0.3 is 20.7 Å². The smallest absolute Gasteiger partial charge is 0.122 e. The standard InChI is InChI=1S/C16H33N3O/c1-12(10-13(2)11-20)6-7-14-8-9-15(17-3)16(14,18-4)19-5/h11-15,17-19H,6-10H2,1-5H3. The summed E-state index contributed by atoms with van der Waals surface area (Å²) in [4.78, 5) is 10.8.